The van der Waals surface area contributed by atoms with Crippen LogP contribution in [0, 0.1) is 0 Å². The second-order valence-electron chi connectivity index (χ2n) is 5.49. The molecule has 0 aromatic heterocycles. The molecule has 1 aliphatic carbocycles. The molecule has 0 bridgehead atoms. The van der Waals surface area contributed by atoms with Crippen molar-refractivity contribution in [3.8, 4) is 0 Å². The van der Waals surface area contributed by atoms with E-state index in [1.165, 1.54) is 25.7 Å². The highest BCUT2D eigenvalue weighted by Crippen LogP contribution is 2.30. The van der Waals surface area contributed by atoms with Crippen LogP contribution in [0.25, 0.3) is 0 Å². The quantitative estimate of drug-likeness (QED) is 0.819. The van der Waals surface area contributed by atoms with Crippen LogP contribution < -0.4 is 5.32 Å². The fourth-order valence-corrected chi connectivity index (χ4v) is 5.15. The fraction of sp³-hybridized carbons (Fsp3) is 0.929. The maximum Gasteiger partial charge on any atom is 0.230 e. The minimum atomic E-state index is -0.112. The van der Waals surface area contributed by atoms with Crippen LogP contribution >= 0.6 is 23.5 Å². The Balaban J connectivity index is 1.66. The largest absolute Gasteiger partial charge is 0.376 e. The first-order valence-electron chi connectivity index (χ1n) is 7.25. The van der Waals surface area contributed by atoms with Gasteiger partial charge in [-0.25, -0.2) is 0 Å². The van der Waals surface area contributed by atoms with Gasteiger partial charge in [0.2, 0.25) is 5.91 Å². The van der Waals surface area contributed by atoms with E-state index in [9.17, 15) is 4.79 Å². The Hall–Kier alpha value is 0.130. The van der Waals surface area contributed by atoms with Gasteiger partial charge in [0, 0.05) is 18.9 Å². The SMILES string of the molecule is COC1(CNC(=O)CSC2CCCC2)CCSCC1. The van der Waals surface area contributed by atoms with E-state index in [0.717, 1.165) is 24.3 Å². The fourth-order valence-electron chi connectivity index (χ4n) is 2.76. The molecule has 1 N–H and O–H groups in total. The van der Waals surface area contributed by atoms with E-state index in [1.807, 2.05) is 23.5 Å². The number of thioether (sulfide) groups is 2. The summed E-state index contributed by atoms with van der Waals surface area (Å²) in [5.74, 6) is 3.06. The van der Waals surface area contributed by atoms with Gasteiger partial charge < -0.3 is 10.1 Å². The minimum Gasteiger partial charge on any atom is -0.376 e. The van der Waals surface area contributed by atoms with E-state index in [1.54, 1.807) is 7.11 Å². The number of hydrogen-bond acceptors (Lipinski definition) is 4. The lowest BCUT2D eigenvalue weighted by Gasteiger charge is -2.35. The number of carbonyl (C=O) groups is 1. The molecular weight excluding hydrogens is 278 g/mol. The molecule has 5 heteroatoms. The molecule has 1 amide bonds. The molecule has 1 heterocycles. The Morgan fingerprint density at radius 2 is 2.05 bits per heavy atom. The molecule has 110 valence electrons. The lowest BCUT2D eigenvalue weighted by molar-refractivity contribution is -0.120. The predicted molar refractivity (Wildman–Crippen MR) is 84.0 cm³/mol. The van der Waals surface area contributed by atoms with Crippen LogP contribution in [-0.2, 0) is 9.53 Å². The monoisotopic (exact) mass is 303 g/mol. The van der Waals surface area contributed by atoms with Crippen LogP contribution in [0.5, 0.6) is 0 Å². The summed E-state index contributed by atoms with van der Waals surface area (Å²) < 4.78 is 5.67. The summed E-state index contributed by atoms with van der Waals surface area (Å²) >= 11 is 3.81. The van der Waals surface area contributed by atoms with Crippen molar-refractivity contribution in [2.45, 2.75) is 49.4 Å². The molecule has 0 spiro atoms. The minimum absolute atomic E-state index is 0.112. The number of methoxy groups -OCH3 is 1. The molecule has 0 unspecified atom stereocenters. The molecule has 1 saturated heterocycles. The van der Waals surface area contributed by atoms with Crippen LogP contribution in [-0.4, -0.2) is 47.7 Å². The van der Waals surface area contributed by atoms with Gasteiger partial charge >= 0.3 is 0 Å². The third kappa shape index (κ3) is 4.87. The number of hydrogen-bond donors (Lipinski definition) is 1. The van der Waals surface area contributed by atoms with Crippen LogP contribution in [0.1, 0.15) is 38.5 Å². The van der Waals surface area contributed by atoms with Crippen molar-refractivity contribution in [1.82, 2.24) is 5.32 Å². The summed E-state index contributed by atoms with van der Waals surface area (Å²) in [6, 6.07) is 0. The second kappa shape index (κ2) is 7.79. The first-order chi connectivity index (χ1) is 9.24. The van der Waals surface area contributed by atoms with Crippen LogP contribution in [0.4, 0.5) is 0 Å². The van der Waals surface area contributed by atoms with Gasteiger partial charge in [0.25, 0.3) is 0 Å². The van der Waals surface area contributed by atoms with Gasteiger partial charge in [-0.1, -0.05) is 12.8 Å². The van der Waals surface area contributed by atoms with E-state index in [-0.39, 0.29) is 11.5 Å². The molecule has 1 aliphatic heterocycles. The molecule has 2 rings (SSSR count). The standard InChI is InChI=1S/C14H25NO2S2/c1-17-14(6-8-18-9-7-14)11-15-13(16)10-19-12-4-2-3-5-12/h12H,2-11H2,1H3,(H,15,16). The normalized spacial score (nSPS) is 23.4. The van der Waals surface area contributed by atoms with Crippen molar-refractivity contribution in [2.75, 3.05) is 30.9 Å². The van der Waals surface area contributed by atoms with E-state index in [4.69, 9.17) is 4.74 Å². The Bertz CT molecular complexity index is 287. The first kappa shape index (κ1) is 15.5. The summed E-state index contributed by atoms with van der Waals surface area (Å²) in [5.41, 5.74) is -0.112. The van der Waals surface area contributed by atoms with Crippen molar-refractivity contribution >= 4 is 29.4 Å². The molecule has 1 saturated carbocycles. The second-order valence-corrected chi connectivity index (χ2v) is 8.01. The highest BCUT2D eigenvalue weighted by molar-refractivity contribution is 8.00. The predicted octanol–water partition coefficient (Wildman–Crippen LogP) is 2.69. The molecule has 2 aliphatic rings. The average Bonchev–Trinajstić information content (AvgIpc) is 2.97. The van der Waals surface area contributed by atoms with Crippen LogP contribution in [0.15, 0.2) is 0 Å². The van der Waals surface area contributed by atoms with Gasteiger partial charge in [-0.2, -0.15) is 11.8 Å². The van der Waals surface area contributed by atoms with Gasteiger partial charge in [-0.05, 0) is 37.2 Å². The Morgan fingerprint density at radius 3 is 2.68 bits per heavy atom. The Kier molecular flexibility index (Phi) is 6.36. The Morgan fingerprint density at radius 1 is 1.37 bits per heavy atom. The molecule has 0 radical (unpaired) electrons. The van der Waals surface area contributed by atoms with Crippen molar-refractivity contribution in [3.05, 3.63) is 0 Å². The highest BCUT2D eigenvalue weighted by atomic mass is 32.2. The van der Waals surface area contributed by atoms with Crippen molar-refractivity contribution in [2.24, 2.45) is 0 Å². The maximum atomic E-state index is 11.9. The smallest absolute Gasteiger partial charge is 0.230 e. The molecule has 0 aromatic carbocycles. The molecule has 0 aromatic rings. The lowest BCUT2D eigenvalue weighted by atomic mass is 9.96. The van der Waals surface area contributed by atoms with Gasteiger partial charge in [0.1, 0.15) is 0 Å². The van der Waals surface area contributed by atoms with Gasteiger partial charge in [-0.3, -0.25) is 4.79 Å². The van der Waals surface area contributed by atoms with Gasteiger partial charge in [0.15, 0.2) is 0 Å². The summed E-state index contributed by atoms with van der Waals surface area (Å²) in [6.45, 7) is 0.675. The first-order valence-corrected chi connectivity index (χ1v) is 9.46. The lowest BCUT2D eigenvalue weighted by Crippen LogP contribution is -2.47. The van der Waals surface area contributed by atoms with E-state index in [2.05, 4.69) is 5.32 Å². The number of carbonyl (C=O) groups excluding carboxylic acids is 1. The van der Waals surface area contributed by atoms with E-state index >= 15 is 0 Å². The number of rotatable bonds is 6. The van der Waals surface area contributed by atoms with Crippen LogP contribution in [0.3, 0.4) is 0 Å². The van der Waals surface area contributed by atoms with Gasteiger partial charge in [0.05, 0.1) is 11.4 Å². The van der Waals surface area contributed by atoms with E-state index < -0.39 is 0 Å². The van der Waals surface area contributed by atoms with E-state index in [0.29, 0.717) is 17.5 Å². The third-order valence-electron chi connectivity index (χ3n) is 4.20. The topological polar surface area (TPSA) is 38.3 Å². The summed E-state index contributed by atoms with van der Waals surface area (Å²) in [7, 11) is 1.77. The molecular formula is C14H25NO2S2. The highest BCUT2D eigenvalue weighted by Gasteiger charge is 2.32. The number of nitrogens with one attached hydrogen (secondary N) is 1. The zero-order valence-electron chi connectivity index (χ0n) is 11.8. The molecule has 3 nitrogen and oxygen atoms in total. The van der Waals surface area contributed by atoms with Crippen molar-refractivity contribution in [1.29, 1.82) is 0 Å². The van der Waals surface area contributed by atoms with Crippen molar-refractivity contribution in [3.63, 3.8) is 0 Å². The summed E-state index contributed by atoms with van der Waals surface area (Å²) in [4.78, 5) is 11.9. The zero-order chi connectivity index (χ0) is 13.6. The molecule has 0 atom stereocenters. The number of ether oxygens (including phenoxy) is 1. The number of amides is 1. The molecule has 2 fully saturated rings. The summed E-state index contributed by atoms with van der Waals surface area (Å²) in [6.07, 6.45) is 7.34. The Labute approximate surface area is 125 Å². The van der Waals surface area contributed by atoms with Crippen LogP contribution in [0.2, 0.25) is 0 Å². The maximum absolute atomic E-state index is 11.9. The van der Waals surface area contributed by atoms with Crippen molar-refractivity contribution < 1.29 is 9.53 Å². The molecule has 19 heavy (non-hydrogen) atoms. The average molecular weight is 303 g/mol. The van der Waals surface area contributed by atoms with Gasteiger partial charge in [-0.15, -0.1) is 11.8 Å². The summed E-state index contributed by atoms with van der Waals surface area (Å²) in [5, 5.41) is 3.79. The zero-order valence-corrected chi connectivity index (χ0v) is 13.4. The third-order valence-corrected chi connectivity index (χ3v) is 6.55.